The Morgan fingerprint density at radius 1 is 1.30 bits per heavy atom. The number of aromatic nitrogens is 2. The Kier molecular flexibility index (Phi) is 4.57. The molecule has 20 heavy (non-hydrogen) atoms. The van der Waals surface area contributed by atoms with Crippen molar-refractivity contribution < 1.29 is 9.53 Å². The minimum atomic E-state index is -0.425. The molecule has 1 amide bonds. The zero-order chi connectivity index (χ0) is 14.6. The molecule has 0 aromatic carbocycles. The molecule has 5 heteroatoms. The largest absolute Gasteiger partial charge is 0.444 e. The normalized spacial score (nSPS) is 17.1. The lowest BCUT2D eigenvalue weighted by atomic mass is 9.93. The van der Waals surface area contributed by atoms with Crippen molar-refractivity contribution in [2.24, 2.45) is 5.92 Å². The first-order valence-corrected chi connectivity index (χ1v) is 7.18. The Balaban J connectivity index is 1.79. The van der Waals surface area contributed by atoms with E-state index in [1.165, 1.54) is 0 Å². The first kappa shape index (κ1) is 14.8. The molecule has 1 aromatic heterocycles. The van der Waals surface area contributed by atoms with Gasteiger partial charge in [-0.25, -0.2) is 14.8 Å². The highest BCUT2D eigenvalue weighted by molar-refractivity contribution is 5.68. The fraction of sp³-hybridized carbons (Fsp3) is 0.667. The maximum Gasteiger partial charge on any atom is 0.410 e. The quantitative estimate of drug-likeness (QED) is 0.834. The number of ether oxygens (including phenoxy) is 1. The molecule has 0 bridgehead atoms. The Labute approximate surface area is 120 Å². The molecule has 0 spiro atoms. The smallest absolute Gasteiger partial charge is 0.410 e. The van der Waals surface area contributed by atoms with Crippen LogP contribution >= 0.6 is 0 Å². The molecule has 2 heterocycles. The van der Waals surface area contributed by atoms with E-state index in [0.717, 1.165) is 38.2 Å². The average molecular weight is 277 g/mol. The van der Waals surface area contributed by atoms with Gasteiger partial charge in [-0.1, -0.05) is 0 Å². The zero-order valence-corrected chi connectivity index (χ0v) is 12.5. The van der Waals surface area contributed by atoms with Crippen molar-refractivity contribution in [3.8, 4) is 0 Å². The molecule has 0 aliphatic carbocycles. The van der Waals surface area contributed by atoms with Crippen LogP contribution in [-0.2, 0) is 11.2 Å². The molecule has 1 saturated heterocycles. The SMILES string of the molecule is CC(C)(C)OC(=O)N1CCC(Cc2ncccn2)CC1. The average Bonchev–Trinajstić information content (AvgIpc) is 2.39. The summed E-state index contributed by atoms with van der Waals surface area (Å²) < 4.78 is 5.39. The van der Waals surface area contributed by atoms with Gasteiger partial charge in [-0.15, -0.1) is 0 Å². The number of nitrogens with zero attached hydrogens (tertiary/aromatic N) is 3. The van der Waals surface area contributed by atoms with Gasteiger partial charge >= 0.3 is 6.09 Å². The second kappa shape index (κ2) is 6.20. The third kappa shape index (κ3) is 4.47. The van der Waals surface area contributed by atoms with Crippen LogP contribution in [0, 0.1) is 5.92 Å². The van der Waals surface area contributed by atoms with Crippen molar-refractivity contribution in [3.05, 3.63) is 24.3 Å². The van der Waals surface area contributed by atoms with Crippen LogP contribution in [0.25, 0.3) is 0 Å². The fourth-order valence-electron chi connectivity index (χ4n) is 2.34. The van der Waals surface area contributed by atoms with Gasteiger partial charge in [0.2, 0.25) is 0 Å². The summed E-state index contributed by atoms with van der Waals surface area (Å²) in [6.45, 7) is 7.19. The van der Waals surface area contributed by atoms with Crippen LogP contribution in [0.3, 0.4) is 0 Å². The van der Waals surface area contributed by atoms with Gasteiger partial charge in [-0.05, 0) is 45.6 Å². The molecule has 0 unspecified atom stereocenters. The van der Waals surface area contributed by atoms with Gasteiger partial charge in [0, 0.05) is 31.9 Å². The van der Waals surface area contributed by atoms with Crippen molar-refractivity contribution in [2.75, 3.05) is 13.1 Å². The van der Waals surface area contributed by atoms with Crippen molar-refractivity contribution in [3.63, 3.8) is 0 Å². The van der Waals surface area contributed by atoms with E-state index in [-0.39, 0.29) is 6.09 Å². The highest BCUT2D eigenvalue weighted by Gasteiger charge is 2.27. The van der Waals surface area contributed by atoms with E-state index in [1.54, 1.807) is 17.3 Å². The maximum absolute atomic E-state index is 12.0. The molecule has 1 fully saturated rings. The maximum atomic E-state index is 12.0. The monoisotopic (exact) mass is 277 g/mol. The van der Waals surface area contributed by atoms with Crippen LogP contribution in [0.15, 0.2) is 18.5 Å². The van der Waals surface area contributed by atoms with Crippen molar-refractivity contribution >= 4 is 6.09 Å². The fourth-order valence-corrected chi connectivity index (χ4v) is 2.34. The predicted molar refractivity (Wildman–Crippen MR) is 76.3 cm³/mol. The molecular weight excluding hydrogens is 254 g/mol. The van der Waals surface area contributed by atoms with Gasteiger partial charge in [0.1, 0.15) is 11.4 Å². The summed E-state index contributed by atoms with van der Waals surface area (Å²) in [6, 6.07) is 1.83. The second-order valence-electron chi connectivity index (χ2n) is 6.28. The number of rotatable bonds is 2. The summed E-state index contributed by atoms with van der Waals surface area (Å²) in [6.07, 6.45) is 6.21. The molecule has 0 N–H and O–H groups in total. The Bertz CT molecular complexity index is 434. The summed E-state index contributed by atoms with van der Waals surface area (Å²) in [5.41, 5.74) is -0.425. The summed E-state index contributed by atoms with van der Waals surface area (Å²) in [5, 5.41) is 0. The van der Waals surface area contributed by atoms with Gasteiger partial charge < -0.3 is 9.64 Å². The van der Waals surface area contributed by atoms with Gasteiger partial charge in [0.05, 0.1) is 0 Å². The van der Waals surface area contributed by atoms with Crippen LogP contribution < -0.4 is 0 Å². The van der Waals surface area contributed by atoms with Gasteiger partial charge in [-0.2, -0.15) is 0 Å². The molecule has 0 saturated carbocycles. The molecular formula is C15H23N3O2. The molecule has 1 aliphatic heterocycles. The van der Waals surface area contributed by atoms with Crippen LogP contribution in [0.2, 0.25) is 0 Å². The van der Waals surface area contributed by atoms with Crippen LogP contribution in [0.5, 0.6) is 0 Å². The third-order valence-electron chi connectivity index (χ3n) is 3.36. The number of piperidine rings is 1. The minimum Gasteiger partial charge on any atom is -0.444 e. The third-order valence-corrected chi connectivity index (χ3v) is 3.36. The highest BCUT2D eigenvalue weighted by atomic mass is 16.6. The second-order valence-corrected chi connectivity index (χ2v) is 6.28. The number of carbonyl (C=O) groups excluding carboxylic acids is 1. The molecule has 1 aliphatic rings. The summed E-state index contributed by atoms with van der Waals surface area (Å²) >= 11 is 0. The number of hydrogen-bond donors (Lipinski definition) is 0. The topological polar surface area (TPSA) is 55.3 Å². The Morgan fingerprint density at radius 2 is 1.90 bits per heavy atom. The van der Waals surface area contributed by atoms with Crippen LogP contribution in [0.1, 0.15) is 39.4 Å². The lowest BCUT2D eigenvalue weighted by Gasteiger charge is -2.33. The van der Waals surface area contributed by atoms with Gasteiger partial charge in [-0.3, -0.25) is 0 Å². The van der Waals surface area contributed by atoms with Crippen molar-refractivity contribution in [2.45, 2.75) is 45.6 Å². The first-order valence-electron chi connectivity index (χ1n) is 7.18. The molecule has 2 rings (SSSR count). The zero-order valence-electron chi connectivity index (χ0n) is 12.5. The Hall–Kier alpha value is -1.65. The van der Waals surface area contributed by atoms with E-state index in [4.69, 9.17) is 4.74 Å². The Morgan fingerprint density at radius 3 is 2.45 bits per heavy atom. The number of likely N-dealkylation sites (tertiary alicyclic amines) is 1. The number of hydrogen-bond acceptors (Lipinski definition) is 4. The molecule has 110 valence electrons. The van der Waals surface area contributed by atoms with E-state index in [2.05, 4.69) is 9.97 Å². The summed E-state index contributed by atoms with van der Waals surface area (Å²) in [5.74, 6) is 1.44. The standard InChI is InChI=1S/C15H23N3O2/c1-15(2,3)20-14(19)18-9-5-12(6-10-18)11-13-16-7-4-8-17-13/h4,7-8,12H,5-6,9-11H2,1-3H3. The minimum absolute atomic E-state index is 0.202. The molecule has 0 atom stereocenters. The van der Waals surface area contributed by atoms with Crippen LogP contribution in [-0.4, -0.2) is 39.7 Å². The lowest BCUT2D eigenvalue weighted by Crippen LogP contribution is -2.42. The number of carbonyl (C=O) groups is 1. The van der Waals surface area contributed by atoms with Crippen molar-refractivity contribution in [1.29, 1.82) is 0 Å². The van der Waals surface area contributed by atoms with E-state index < -0.39 is 5.60 Å². The lowest BCUT2D eigenvalue weighted by molar-refractivity contribution is 0.0184. The van der Waals surface area contributed by atoms with E-state index >= 15 is 0 Å². The molecule has 5 nitrogen and oxygen atoms in total. The highest BCUT2D eigenvalue weighted by Crippen LogP contribution is 2.21. The van der Waals surface area contributed by atoms with E-state index in [0.29, 0.717) is 5.92 Å². The first-order chi connectivity index (χ1) is 9.44. The molecule has 0 radical (unpaired) electrons. The van der Waals surface area contributed by atoms with E-state index in [9.17, 15) is 4.79 Å². The van der Waals surface area contributed by atoms with Crippen LogP contribution in [0.4, 0.5) is 4.79 Å². The summed E-state index contributed by atoms with van der Waals surface area (Å²) in [4.78, 5) is 22.3. The van der Waals surface area contributed by atoms with E-state index in [1.807, 2.05) is 26.8 Å². The predicted octanol–water partition coefficient (Wildman–Crippen LogP) is 2.67. The van der Waals surface area contributed by atoms with Crippen molar-refractivity contribution in [1.82, 2.24) is 14.9 Å². The summed E-state index contributed by atoms with van der Waals surface area (Å²) in [7, 11) is 0. The van der Waals surface area contributed by atoms with Gasteiger partial charge in [0.15, 0.2) is 0 Å². The molecule has 1 aromatic rings. The van der Waals surface area contributed by atoms with Gasteiger partial charge in [0.25, 0.3) is 0 Å². The number of amides is 1.